The van der Waals surface area contributed by atoms with E-state index in [1.54, 1.807) is 4.68 Å². The molecule has 1 N–H and O–H groups in total. The van der Waals surface area contributed by atoms with Crippen molar-refractivity contribution < 1.29 is 8.78 Å². The molecule has 0 aliphatic rings. The van der Waals surface area contributed by atoms with Crippen LogP contribution in [0, 0.1) is 11.6 Å². The monoisotopic (exact) mass is 265 g/mol. The van der Waals surface area contributed by atoms with Crippen molar-refractivity contribution >= 4 is 0 Å². The van der Waals surface area contributed by atoms with Crippen LogP contribution in [-0.2, 0) is 26.6 Å². The predicted octanol–water partition coefficient (Wildman–Crippen LogP) is 2.55. The van der Waals surface area contributed by atoms with Gasteiger partial charge in [0.2, 0.25) is 0 Å². The molecule has 0 saturated heterocycles. The number of nitrogens with one attached hydrogen (secondary N) is 1. The molecular weight excluding hydrogens is 248 g/mol. The van der Waals surface area contributed by atoms with E-state index in [2.05, 4.69) is 10.4 Å². The summed E-state index contributed by atoms with van der Waals surface area (Å²) < 4.78 is 28.2. The summed E-state index contributed by atoms with van der Waals surface area (Å²) in [6, 6.07) is 5.48. The van der Waals surface area contributed by atoms with Crippen molar-refractivity contribution in [1.82, 2.24) is 15.1 Å². The van der Waals surface area contributed by atoms with Gasteiger partial charge in [0, 0.05) is 25.7 Å². The Balaban J connectivity index is 1.96. The number of hydrogen-bond donors (Lipinski definition) is 1. The second-order valence-electron chi connectivity index (χ2n) is 4.44. The van der Waals surface area contributed by atoms with Gasteiger partial charge in [-0.2, -0.15) is 5.10 Å². The van der Waals surface area contributed by atoms with Crippen LogP contribution < -0.4 is 5.32 Å². The van der Waals surface area contributed by atoms with Crippen LogP contribution in [0.1, 0.15) is 23.9 Å². The largest absolute Gasteiger partial charge is 0.307 e. The first-order valence-corrected chi connectivity index (χ1v) is 6.26. The molecule has 0 fully saturated rings. The summed E-state index contributed by atoms with van der Waals surface area (Å²) in [4.78, 5) is 0. The minimum atomic E-state index is -0.424. The number of rotatable bonds is 5. The summed E-state index contributed by atoms with van der Waals surface area (Å²) in [5, 5.41) is 7.43. The molecule has 1 aromatic heterocycles. The first kappa shape index (κ1) is 13.7. The Morgan fingerprint density at radius 1 is 1.21 bits per heavy atom. The highest BCUT2D eigenvalue weighted by molar-refractivity contribution is 5.18. The number of hydrogen-bond acceptors (Lipinski definition) is 2. The van der Waals surface area contributed by atoms with Gasteiger partial charge in [0.05, 0.1) is 11.4 Å². The quantitative estimate of drug-likeness (QED) is 0.900. The highest BCUT2D eigenvalue weighted by Gasteiger charge is 2.06. The zero-order valence-electron chi connectivity index (χ0n) is 11.1. The number of nitrogens with zero attached hydrogens (tertiary/aromatic N) is 2. The van der Waals surface area contributed by atoms with Crippen molar-refractivity contribution in [2.24, 2.45) is 7.05 Å². The van der Waals surface area contributed by atoms with Gasteiger partial charge in [0.15, 0.2) is 0 Å². The van der Waals surface area contributed by atoms with Gasteiger partial charge in [0.25, 0.3) is 0 Å². The lowest BCUT2D eigenvalue weighted by molar-refractivity contribution is 0.561. The van der Waals surface area contributed by atoms with E-state index < -0.39 is 11.6 Å². The van der Waals surface area contributed by atoms with Gasteiger partial charge in [-0.1, -0.05) is 6.92 Å². The summed E-state index contributed by atoms with van der Waals surface area (Å²) in [7, 11) is 1.87. The third kappa shape index (κ3) is 3.38. The fourth-order valence-electron chi connectivity index (χ4n) is 1.91. The standard InChI is InChI=1S/C14H17F2N3/c1-3-12-7-13(19(2)18-12)9-17-8-10-6-11(15)4-5-14(10)16/h4-7,17H,3,8-9H2,1-2H3. The molecular formula is C14H17F2N3. The molecule has 1 heterocycles. The number of halogens is 2. The molecule has 19 heavy (non-hydrogen) atoms. The van der Waals surface area contributed by atoms with E-state index in [9.17, 15) is 8.78 Å². The Labute approximate surface area is 111 Å². The fourth-order valence-corrected chi connectivity index (χ4v) is 1.91. The molecule has 3 nitrogen and oxygen atoms in total. The lowest BCUT2D eigenvalue weighted by Gasteiger charge is -2.06. The fraction of sp³-hybridized carbons (Fsp3) is 0.357. The van der Waals surface area contributed by atoms with E-state index in [0.29, 0.717) is 12.1 Å². The van der Waals surface area contributed by atoms with Crippen LogP contribution in [0.25, 0.3) is 0 Å². The lowest BCUT2D eigenvalue weighted by Crippen LogP contribution is -2.16. The Bertz CT molecular complexity index is 564. The van der Waals surface area contributed by atoms with Crippen molar-refractivity contribution in [1.29, 1.82) is 0 Å². The van der Waals surface area contributed by atoms with Crippen LogP contribution >= 0.6 is 0 Å². The Morgan fingerprint density at radius 3 is 2.68 bits per heavy atom. The third-order valence-corrected chi connectivity index (χ3v) is 3.02. The summed E-state index contributed by atoms with van der Waals surface area (Å²) in [5.74, 6) is -0.819. The third-order valence-electron chi connectivity index (χ3n) is 3.02. The summed E-state index contributed by atoms with van der Waals surface area (Å²) in [6.07, 6.45) is 0.881. The van der Waals surface area contributed by atoms with Crippen LogP contribution in [0.15, 0.2) is 24.3 Å². The maximum absolute atomic E-state index is 13.4. The van der Waals surface area contributed by atoms with Crippen molar-refractivity contribution in [3.63, 3.8) is 0 Å². The summed E-state index contributed by atoms with van der Waals surface area (Å²) in [5.41, 5.74) is 2.38. The Morgan fingerprint density at radius 2 is 2.00 bits per heavy atom. The molecule has 0 unspecified atom stereocenters. The highest BCUT2D eigenvalue weighted by atomic mass is 19.1. The van der Waals surface area contributed by atoms with E-state index >= 15 is 0 Å². The van der Waals surface area contributed by atoms with Gasteiger partial charge >= 0.3 is 0 Å². The van der Waals surface area contributed by atoms with Crippen molar-refractivity contribution in [2.45, 2.75) is 26.4 Å². The average molecular weight is 265 g/mol. The van der Waals surface area contributed by atoms with Gasteiger partial charge in [-0.05, 0) is 30.7 Å². The average Bonchev–Trinajstić information content (AvgIpc) is 2.75. The molecule has 0 atom stereocenters. The Kier molecular flexibility index (Phi) is 4.27. The molecule has 102 valence electrons. The zero-order valence-corrected chi connectivity index (χ0v) is 11.1. The van der Waals surface area contributed by atoms with Crippen LogP contribution in [0.4, 0.5) is 8.78 Å². The second-order valence-corrected chi connectivity index (χ2v) is 4.44. The van der Waals surface area contributed by atoms with Crippen LogP contribution in [0.2, 0.25) is 0 Å². The molecule has 0 aliphatic carbocycles. The first-order valence-electron chi connectivity index (χ1n) is 6.26. The van der Waals surface area contributed by atoms with Gasteiger partial charge < -0.3 is 5.32 Å². The zero-order chi connectivity index (χ0) is 13.8. The minimum Gasteiger partial charge on any atom is -0.307 e. The summed E-state index contributed by atoms with van der Waals surface area (Å²) >= 11 is 0. The normalized spacial score (nSPS) is 10.9. The molecule has 1 aromatic carbocycles. The molecule has 0 radical (unpaired) electrons. The first-order chi connectivity index (χ1) is 9.10. The lowest BCUT2D eigenvalue weighted by atomic mass is 10.2. The topological polar surface area (TPSA) is 29.9 Å². The number of benzene rings is 1. The van der Waals surface area contributed by atoms with E-state index in [0.717, 1.165) is 29.9 Å². The van der Waals surface area contributed by atoms with Crippen molar-refractivity contribution in [3.05, 3.63) is 52.9 Å². The van der Waals surface area contributed by atoms with E-state index in [-0.39, 0.29) is 6.54 Å². The maximum Gasteiger partial charge on any atom is 0.127 e. The SMILES string of the molecule is CCc1cc(CNCc2cc(F)ccc2F)n(C)n1. The molecule has 0 saturated carbocycles. The van der Waals surface area contributed by atoms with Crippen molar-refractivity contribution in [3.8, 4) is 0 Å². The van der Waals surface area contributed by atoms with E-state index in [1.165, 1.54) is 6.07 Å². The molecule has 0 spiro atoms. The molecule has 0 amide bonds. The number of aryl methyl sites for hydroxylation is 2. The Hall–Kier alpha value is -1.75. The number of aromatic nitrogens is 2. The molecule has 0 bridgehead atoms. The van der Waals surface area contributed by atoms with Crippen LogP contribution in [0.3, 0.4) is 0 Å². The van der Waals surface area contributed by atoms with Gasteiger partial charge in [-0.3, -0.25) is 4.68 Å². The van der Waals surface area contributed by atoms with Crippen LogP contribution in [-0.4, -0.2) is 9.78 Å². The van der Waals surface area contributed by atoms with Crippen molar-refractivity contribution in [2.75, 3.05) is 0 Å². The molecule has 2 aromatic rings. The van der Waals surface area contributed by atoms with Gasteiger partial charge in [-0.15, -0.1) is 0 Å². The van der Waals surface area contributed by atoms with Gasteiger partial charge in [0.1, 0.15) is 11.6 Å². The maximum atomic E-state index is 13.4. The second kappa shape index (κ2) is 5.93. The molecule has 2 rings (SSSR count). The van der Waals surface area contributed by atoms with Crippen LogP contribution in [0.5, 0.6) is 0 Å². The molecule has 5 heteroatoms. The van der Waals surface area contributed by atoms with E-state index in [1.807, 2.05) is 20.0 Å². The minimum absolute atomic E-state index is 0.288. The predicted molar refractivity (Wildman–Crippen MR) is 69.5 cm³/mol. The summed E-state index contributed by atoms with van der Waals surface area (Å²) in [6.45, 7) is 2.90. The highest BCUT2D eigenvalue weighted by Crippen LogP contribution is 2.10. The smallest absolute Gasteiger partial charge is 0.127 e. The van der Waals surface area contributed by atoms with E-state index in [4.69, 9.17) is 0 Å². The van der Waals surface area contributed by atoms with Gasteiger partial charge in [-0.25, -0.2) is 8.78 Å². The molecule has 0 aliphatic heterocycles.